The summed E-state index contributed by atoms with van der Waals surface area (Å²) in [7, 11) is 0. The van der Waals surface area contributed by atoms with Crippen molar-refractivity contribution in [2.75, 3.05) is 26.3 Å². The number of hydrogen-bond donors (Lipinski definition) is 2. The minimum Gasteiger partial charge on any atom is -0.376 e. The predicted molar refractivity (Wildman–Crippen MR) is 77.7 cm³/mol. The van der Waals surface area contributed by atoms with Gasteiger partial charge in [-0.25, -0.2) is 0 Å². The molecule has 0 aromatic rings. The fourth-order valence-corrected chi connectivity index (χ4v) is 2.49. The van der Waals surface area contributed by atoms with Crippen LogP contribution in [-0.2, 0) is 4.74 Å². The second kappa shape index (κ2) is 6.69. The summed E-state index contributed by atoms with van der Waals surface area (Å²) >= 11 is 0. The Balaban J connectivity index is 2.27. The second-order valence-electron chi connectivity index (χ2n) is 6.59. The zero-order chi connectivity index (χ0) is 13.6. The Labute approximate surface area is 112 Å². The molecule has 0 unspecified atom stereocenters. The molecule has 0 atom stereocenters. The molecule has 3 nitrogen and oxygen atoms in total. The molecule has 0 aliphatic heterocycles. The average molecular weight is 254 g/mol. The van der Waals surface area contributed by atoms with Gasteiger partial charge in [-0.15, -0.1) is 0 Å². The summed E-state index contributed by atoms with van der Waals surface area (Å²) in [6, 6.07) is 0. The molecule has 1 saturated carbocycles. The Bertz CT molecular complexity index is 264. The Kier molecular flexibility index (Phi) is 5.83. The van der Waals surface area contributed by atoms with Crippen LogP contribution in [0.25, 0.3) is 0 Å². The molecule has 0 amide bonds. The first kappa shape index (κ1) is 15.7. The van der Waals surface area contributed by atoms with E-state index in [1.807, 2.05) is 6.92 Å². The van der Waals surface area contributed by atoms with Crippen LogP contribution in [0.4, 0.5) is 0 Å². The van der Waals surface area contributed by atoms with Crippen LogP contribution in [0.3, 0.4) is 0 Å². The van der Waals surface area contributed by atoms with E-state index >= 15 is 0 Å². The lowest BCUT2D eigenvalue weighted by atomic mass is 9.69. The topological polar surface area (TPSA) is 47.3 Å². The highest BCUT2D eigenvalue weighted by atomic mass is 16.5. The van der Waals surface area contributed by atoms with Crippen molar-refractivity contribution in [3.05, 3.63) is 12.2 Å². The fraction of sp³-hybridized carbons (Fsp3) is 0.867. The molecule has 18 heavy (non-hydrogen) atoms. The Hall–Kier alpha value is -0.380. The lowest BCUT2D eigenvalue weighted by molar-refractivity contribution is 0.114. The van der Waals surface area contributed by atoms with Crippen molar-refractivity contribution in [3.8, 4) is 0 Å². The minimum absolute atomic E-state index is 0.141. The van der Waals surface area contributed by atoms with Crippen molar-refractivity contribution in [2.45, 2.75) is 52.0 Å². The van der Waals surface area contributed by atoms with Gasteiger partial charge in [-0.2, -0.15) is 0 Å². The predicted octanol–water partition coefficient (Wildman–Crippen LogP) is 2.47. The van der Waals surface area contributed by atoms with Crippen LogP contribution in [0.1, 0.15) is 46.5 Å². The van der Waals surface area contributed by atoms with E-state index in [2.05, 4.69) is 25.7 Å². The Morgan fingerprint density at radius 3 is 2.39 bits per heavy atom. The quantitative estimate of drug-likeness (QED) is 0.542. The number of nitrogens with one attached hydrogen (secondary N) is 1. The molecule has 1 aliphatic carbocycles. The van der Waals surface area contributed by atoms with E-state index in [0.717, 1.165) is 25.3 Å². The smallest absolute Gasteiger partial charge is 0.0672 e. The van der Waals surface area contributed by atoms with Crippen LogP contribution in [-0.4, -0.2) is 31.8 Å². The minimum atomic E-state index is 0.141. The Morgan fingerprint density at radius 1 is 1.28 bits per heavy atom. The summed E-state index contributed by atoms with van der Waals surface area (Å²) in [5, 5.41) is 3.62. The number of rotatable bonds is 7. The highest BCUT2D eigenvalue weighted by Gasteiger charge is 2.36. The van der Waals surface area contributed by atoms with Crippen molar-refractivity contribution in [1.82, 2.24) is 5.32 Å². The van der Waals surface area contributed by atoms with Gasteiger partial charge < -0.3 is 15.8 Å². The highest BCUT2D eigenvalue weighted by Crippen LogP contribution is 2.39. The highest BCUT2D eigenvalue weighted by molar-refractivity contribution is 4.96. The van der Waals surface area contributed by atoms with Gasteiger partial charge in [0.25, 0.3) is 0 Å². The van der Waals surface area contributed by atoms with E-state index in [1.54, 1.807) is 0 Å². The molecule has 0 bridgehead atoms. The number of ether oxygens (including phenoxy) is 1. The molecule has 106 valence electrons. The maximum absolute atomic E-state index is 5.97. The number of hydrogen-bond acceptors (Lipinski definition) is 3. The van der Waals surface area contributed by atoms with E-state index in [1.165, 1.54) is 25.7 Å². The molecule has 0 aromatic carbocycles. The zero-order valence-electron chi connectivity index (χ0n) is 12.3. The first-order valence-electron chi connectivity index (χ1n) is 7.06. The van der Waals surface area contributed by atoms with Crippen LogP contribution in [0.15, 0.2) is 12.2 Å². The third kappa shape index (κ3) is 5.09. The molecule has 0 radical (unpaired) electrons. The van der Waals surface area contributed by atoms with Gasteiger partial charge in [0.15, 0.2) is 0 Å². The zero-order valence-corrected chi connectivity index (χ0v) is 12.3. The van der Waals surface area contributed by atoms with Crippen molar-refractivity contribution in [2.24, 2.45) is 11.1 Å². The lowest BCUT2D eigenvalue weighted by Crippen LogP contribution is -2.55. The first-order chi connectivity index (χ1) is 8.39. The lowest BCUT2D eigenvalue weighted by Gasteiger charge is -2.43. The van der Waals surface area contributed by atoms with Gasteiger partial charge in [0.2, 0.25) is 0 Å². The monoisotopic (exact) mass is 254 g/mol. The number of nitrogens with two attached hydrogens (primary N) is 1. The van der Waals surface area contributed by atoms with Crippen molar-refractivity contribution in [3.63, 3.8) is 0 Å². The van der Waals surface area contributed by atoms with Gasteiger partial charge in [0, 0.05) is 18.6 Å². The Morgan fingerprint density at radius 2 is 1.89 bits per heavy atom. The summed E-state index contributed by atoms with van der Waals surface area (Å²) < 4.78 is 5.51. The van der Waals surface area contributed by atoms with Gasteiger partial charge in [0.05, 0.1) is 13.2 Å². The summed E-state index contributed by atoms with van der Waals surface area (Å²) in [5.41, 5.74) is 7.67. The fourth-order valence-electron chi connectivity index (χ4n) is 2.49. The largest absolute Gasteiger partial charge is 0.376 e. The van der Waals surface area contributed by atoms with E-state index in [9.17, 15) is 0 Å². The standard InChI is InChI=1S/C15H30N2O/c1-13(2)11-18-10-9-17-15(12-16)7-5-14(3,4)6-8-15/h17H,1,5-12,16H2,2-4H3. The van der Waals surface area contributed by atoms with E-state index in [-0.39, 0.29) is 5.54 Å². The molecular formula is C15H30N2O. The molecule has 1 rings (SSSR count). The molecule has 0 saturated heterocycles. The third-order valence-corrected chi connectivity index (χ3v) is 4.05. The molecule has 3 heteroatoms. The summed E-state index contributed by atoms with van der Waals surface area (Å²) in [4.78, 5) is 0. The first-order valence-corrected chi connectivity index (χ1v) is 7.06. The van der Waals surface area contributed by atoms with Gasteiger partial charge in [0.1, 0.15) is 0 Å². The normalized spacial score (nSPS) is 21.8. The molecule has 0 aromatic heterocycles. The summed E-state index contributed by atoms with van der Waals surface area (Å²) in [5.74, 6) is 0. The van der Waals surface area contributed by atoms with E-state index in [4.69, 9.17) is 10.5 Å². The molecule has 0 spiro atoms. The van der Waals surface area contributed by atoms with Crippen molar-refractivity contribution < 1.29 is 4.74 Å². The van der Waals surface area contributed by atoms with Crippen LogP contribution in [0.5, 0.6) is 0 Å². The molecule has 0 heterocycles. The molecule has 1 aliphatic rings. The van der Waals surface area contributed by atoms with Crippen LogP contribution >= 0.6 is 0 Å². The van der Waals surface area contributed by atoms with E-state index in [0.29, 0.717) is 12.0 Å². The summed E-state index contributed by atoms with van der Waals surface area (Å²) in [6.45, 7) is 13.5. The molecule has 3 N–H and O–H groups in total. The van der Waals surface area contributed by atoms with Gasteiger partial charge in [-0.3, -0.25) is 0 Å². The van der Waals surface area contributed by atoms with Gasteiger partial charge in [-0.1, -0.05) is 26.0 Å². The summed E-state index contributed by atoms with van der Waals surface area (Å²) in [6.07, 6.45) is 4.86. The molecular weight excluding hydrogens is 224 g/mol. The average Bonchev–Trinajstić information content (AvgIpc) is 2.31. The van der Waals surface area contributed by atoms with Crippen molar-refractivity contribution >= 4 is 0 Å². The van der Waals surface area contributed by atoms with Gasteiger partial charge >= 0.3 is 0 Å². The van der Waals surface area contributed by atoms with Crippen LogP contribution < -0.4 is 11.1 Å². The van der Waals surface area contributed by atoms with Crippen LogP contribution in [0.2, 0.25) is 0 Å². The maximum Gasteiger partial charge on any atom is 0.0672 e. The third-order valence-electron chi connectivity index (χ3n) is 4.05. The second-order valence-corrected chi connectivity index (χ2v) is 6.59. The van der Waals surface area contributed by atoms with Gasteiger partial charge in [-0.05, 0) is 38.0 Å². The van der Waals surface area contributed by atoms with Crippen LogP contribution in [0, 0.1) is 5.41 Å². The van der Waals surface area contributed by atoms with Crippen molar-refractivity contribution in [1.29, 1.82) is 0 Å². The van der Waals surface area contributed by atoms with E-state index < -0.39 is 0 Å². The molecule has 1 fully saturated rings. The maximum atomic E-state index is 5.97. The SMILES string of the molecule is C=C(C)COCCNC1(CN)CCC(C)(C)CC1.